The van der Waals surface area contributed by atoms with Crippen LogP contribution < -0.4 is 5.32 Å². The van der Waals surface area contributed by atoms with E-state index in [0.29, 0.717) is 0 Å². The van der Waals surface area contributed by atoms with Crippen molar-refractivity contribution in [2.75, 3.05) is 39.4 Å². The van der Waals surface area contributed by atoms with Gasteiger partial charge in [-0.05, 0) is 57.2 Å². The van der Waals surface area contributed by atoms with E-state index in [4.69, 9.17) is 4.74 Å². The second-order valence-electron chi connectivity index (χ2n) is 5.71. The zero-order valence-corrected chi connectivity index (χ0v) is 10.2. The Morgan fingerprint density at radius 3 is 2.75 bits per heavy atom. The van der Waals surface area contributed by atoms with E-state index >= 15 is 0 Å². The first kappa shape index (κ1) is 11.0. The first-order chi connectivity index (χ1) is 7.92. The van der Waals surface area contributed by atoms with Gasteiger partial charge in [0.1, 0.15) is 0 Å². The SMILES string of the molecule is C1CC(CNC2CCN3CCC2C3)CCO1. The van der Waals surface area contributed by atoms with E-state index in [1.54, 1.807) is 0 Å². The molecule has 3 atom stereocenters. The number of fused-ring (bicyclic) bond motifs is 2. The molecule has 0 aromatic carbocycles. The van der Waals surface area contributed by atoms with Crippen molar-refractivity contribution in [2.45, 2.75) is 31.7 Å². The molecule has 0 saturated carbocycles. The molecule has 0 aliphatic carbocycles. The fraction of sp³-hybridized carbons (Fsp3) is 1.00. The molecule has 3 heterocycles. The molecule has 3 saturated heterocycles. The molecule has 0 amide bonds. The van der Waals surface area contributed by atoms with Gasteiger partial charge < -0.3 is 15.0 Å². The van der Waals surface area contributed by atoms with E-state index in [1.165, 1.54) is 51.9 Å². The molecule has 0 aromatic heterocycles. The van der Waals surface area contributed by atoms with Crippen LogP contribution in [0, 0.1) is 11.8 Å². The number of nitrogens with zero attached hydrogens (tertiary/aromatic N) is 1. The molecule has 2 bridgehead atoms. The third-order valence-corrected chi connectivity index (χ3v) is 4.64. The van der Waals surface area contributed by atoms with E-state index in [1.807, 2.05) is 0 Å². The molecule has 92 valence electrons. The highest BCUT2D eigenvalue weighted by Gasteiger charge is 2.34. The molecule has 0 aromatic rings. The average Bonchev–Trinajstić information content (AvgIpc) is 2.72. The summed E-state index contributed by atoms with van der Waals surface area (Å²) in [6, 6.07) is 0.807. The van der Waals surface area contributed by atoms with Crippen LogP contribution in [-0.4, -0.2) is 50.3 Å². The Hall–Kier alpha value is -0.120. The van der Waals surface area contributed by atoms with Crippen molar-refractivity contribution in [3.63, 3.8) is 0 Å². The summed E-state index contributed by atoms with van der Waals surface area (Å²) in [4.78, 5) is 2.62. The van der Waals surface area contributed by atoms with Crippen LogP contribution in [-0.2, 0) is 4.74 Å². The topological polar surface area (TPSA) is 24.5 Å². The Morgan fingerprint density at radius 1 is 1.06 bits per heavy atom. The van der Waals surface area contributed by atoms with Crippen molar-refractivity contribution in [3.05, 3.63) is 0 Å². The predicted molar refractivity (Wildman–Crippen MR) is 64.5 cm³/mol. The van der Waals surface area contributed by atoms with Crippen LogP contribution in [0.2, 0.25) is 0 Å². The number of hydrogen-bond donors (Lipinski definition) is 1. The monoisotopic (exact) mass is 224 g/mol. The summed E-state index contributed by atoms with van der Waals surface area (Å²) in [7, 11) is 0. The number of hydrogen-bond acceptors (Lipinski definition) is 3. The van der Waals surface area contributed by atoms with Crippen LogP contribution in [0.3, 0.4) is 0 Å². The van der Waals surface area contributed by atoms with Gasteiger partial charge in [0, 0.05) is 25.8 Å². The van der Waals surface area contributed by atoms with Crippen LogP contribution in [0.25, 0.3) is 0 Å². The summed E-state index contributed by atoms with van der Waals surface area (Å²) in [5.41, 5.74) is 0. The summed E-state index contributed by atoms with van der Waals surface area (Å²) in [6.07, 6.45) is 5.31. The summed E-state index contributed by atoms with van der Waals surface area (Å²) >= 11 is 0. The molecule has 3 aliphatic rings. The van der Waals surface area contributed by atoms with Gasteiger partial charge in [0.25, 0.3) is 0 Å². The highest BCUT2D eigenvalue weighted by atomic mass is 16.5. The molecule has 3 heteroatoms. The Morgan fingerprint density at radius 2 is 1.88 bits per heavy atom. The van der Waals surface area contributed by atoms with Gasteiger partial charge in [-0.25, -0.2) is 0 Å². The molecule has 3 nitrogen and oxygen atoms in total. The second kappa shape index (κ2) is 5.03. The minimum Gasteiger partial charge on any atom is -0.381 e. The normalized spacial score (nSPS) is 40.1. The van der Waals surface area contributed by atoms with E-state index in [9.17, 15) is 0 Å². The van der Waals surface area contributed by atoms with Gasteiger partial charge in [-0.3, -0.25) is 0 Å². The molecule has 3 unspecified atom stereocenters. The molecular weight excluding hydrogens is 200 g/mol. The molecule has 0 spiro atoms. The number of piperidine rings is 1. The Kier molecular flexibility index (Phi) is 3.46. The lowest BCUT2D eigenvalue weighted by atomic mass is 9.92. The molecule has 16 heavy (non-hydrogen) atoms. The molecule has 0 radical (unpaired) electrons. The van der Waals surface area contributed by atoms with Crippen LogP contribution in [0.4, 0.5) is 0 Å². The molecule has 3 fully saturated rings. The van der Waals surface area contributed by atoms with Crippen molar-refractivity contribution < 1.29 is 4.74 Å². The largest absolute Gasteiger partial charge is 0.381 e. The zero-order chi connectivity index (χ0) is 10.8. The van der Waals surface area contributed by atoms with Crippen LogP contribution in [0.15, 0.2) is 0 Å². The maximum absolute atomic E-state index is 5.41. The van der Waals surface area contributed by atoms with Gasteiger partial charge in [0.2, 0.25) is 0 Å². The van der Waals surface area contributed by atoms with Gasteiger partial charge in [-0.15, -0.1) is 0 Å². The maximum atomic E-state index is 5.41. The minimum atomic E-state index is 0.807. The highest BCUT2D eigenvalue weighted by molar-refractivity contribution is 4.91. The van der Waals surface area contributed by atoms with Crippen molar-refractivity contribution in [2.24, 2.45) is 11.8 Å². The van der Waals surface area contributed by atoms with E-state index in [-0.39, 0.29) is 0 Å². The third kappa shape index (κ3) is 2.41. The lowest BCUT2D eigenvalue weighted by Gasteiger charge is -2.33. The Balaban J connectivity index is 1.43. The van der Waals surface area contributed by atoms with Gasteiger partial charge in [0.05, 0.1) is 0 Å². The predicted octanol–water partition coefficient (Wildman–Crippen LogP) is 1.10. The van der Waals surface area contributed by atoms with Crippen LogP contribution in [0.5, 0.6) is 0 Å². The summed E-state index contributed by atoms with van der Waals surface area (Å²) in [6.45, 7) is 7.21. The first-order valence-corrected chi connectivity index (χ1v) is 6.95. The van der Waals surface area contributed by atoms with Gasteiger partial charge >= 0.3 is 0 Å². The van der Waals surface area contributed by atoms with Crippen molar-refractivity contribution in [1.82, 2.24) is 10.2 Å². The van der Waals surface area contributed by atoms with E-state index in [0.717, 1.165) is 31.1 Å². The molecular formula is C13H24N2O. The standard InChI is InChI=1S/C13H24N2O/c1-5-15-6-2-13(12(1)10-15)14-9-11-3-7-16-8-4-11/h11-14H,1-10H2. The van der Waals surface area contributed by atoms with Crippen LogP contribution in [0.1, 0.15) is 25.7 Å². The second-order valence-corrected chi connectivity index (χ2v) is 5.71. The van der Waals surface area contributed by atoms with E-state index in [2.05, 4.69) is 10.2 Å². The van der Waals surface area contributed by atoms with Crippen molar-refractivity contribution >= 4 is 0 Å². The van der Waals surface area contributed by atoms with Crippen molar-refractivity contribution in [3.8, 4) is 0 Å². The minimum absolute atomic E-state index is 0.807. The average molecular weight is 224 g/mol. The van der Waals surface area contributed by atoms with Gasteiger partial charge in [-0.2, -0.15) is 0 Å². The maximum Gasteiger partial charge on any atom is 0.0469 e. The lowest BCUT2D eigenvalue weighted by molar-refractivity contribution is 0.0639. The van der Waals surface area contributed by atoms with Crippen molar-refractivity contribution in [1.29, 1.82) is 0 Å². The first-order valence-electron chi connectivity index (χ1n) is 6.95. The molecule has 3 rings (SSSR count). The zero-order valence-electron chi connectivity index (χ0n) is 10.2. The number of ether oxygens (including phenoxy) is 1. The third-order valence-electron chi connectivity index (χ3n) is 4.64. The molecule has 1 N–H and O–H groups in total. The Bertz CT molecular complexity index is 228. The van der Waals surface area contributed by atoms with Gasteiger partial charge in [0.15, 0.2) is 0 Å². The summed E-state index contributed by atoms with van der Waals surface area (Å²) in [5.74, 6) is 1.81. The summed E-state index contributed by atoms with van der Waals surface area (Å²) < 4.78 is 5.41. The quantitative estimate of drug-likeness (QED) is 0.777. The van der Waals surface area contributed by atoms with Crippen LogP contribution >= 0.6 is 0 Å². The lowest BCUT2D eigenvalue weighted by Crippen LogP contribution is -2.45. The van der Waals surface area contributed by atoms with E-state index < -0.39 is 0 Å². The number of nitrogens with one attached hydrogen (secondary N) is 1. The highest BCUT2D eigenvalue weighted by Crippen LogP contribution is 2.27. The Labute approximate surface area is 98.5 Å². The fourth-order valence-corrected chi connectivity index (χ4v) is 3.49. The molecule has 3 aliphatic heterocycles. The smallest absolute Gasteiger partial charge is 0.0469 e. The number of rotatable bonds is 3. The van der Waals surface area contributed by atoms with Gasteiger partial charge in [-0.1, -0.05) is 0 Å². The fourth-order valence-electron chi connectivity index (χ4n) is 3.49. The summed E-state index contributed by atoms with van der Waals surface area (Å²) in [5, 5.41) is 3.84.